The second-order valence-corrected chi connectivity index (χ2v) is 7.16. The number of aliphatic hydroxyl groups excluding tert-OH is 1. The summed E-state index contributed by atoms with van der Waals surface area (Å²) in [5.74, 6) is -0.649. The summed E-state index contributed by atoms with van der Waals surface area (Å²) in [5, 5.41) is 9.91. The molecule has 3 N–H and O–H groups in total. The van der Waals surface area contributed by atoms with Gasteiger partial charge >= 0.3 is 0 Å². The normalized spacial score (nSPS) is 15.5. The maximum Gasteiger partial charge on any atom is 0.150 e. The Morgan fingerprint density at radius 3 is 2.59 bits per heavy atom. The number of hydrogen-bond acceptors (Lipinski definition) is 4. The first-order chi connectivity index (χ1) is 7.83. The Labute approximate surface area is 110 Å². The Morgan fingerprint density at radius 2 is 2.12 bits per heavy atom. The molecular formula is C11H16BrNO3S. The molecule has 4 nitrogen and oxygen atoms in total. The van der Waals surface area contributed by atoms with E-state index in [1.807, 2.05) is 24.3 Å². The van der Waals surface area contributed by atoms with E-state index in [4.69, 9.17) is 5.73 Å². The predicted octanol–water partition coefficient (Wildman–Crippen LogP) is 0.897. The van der Waals surface area contributed by atoms with Gasteiger partial charge in [-0.25, -0.2) is 8.42 Å². The van der Waals surface area contributed by atoms with Gasteiger partial charge in [0.25, 0.3) is 0 Å². The van der Waals surface area contributed by atoms with Gasteiger partial charge in [0, 0.05) is 23.2 Å². The number of sulfone groups is 1. The second-order valence-electron chi connectivity index (χ2n) is 4.06. The van der Waals surface area contributed by atoms with Gasteiger partial charge < -0.3 is 10.8 Å². The molecule has 0 aliphatic heterocycles. The van der Waals surface area contributed by atoms with E-state index >= 15 is 0 Å². The Bertz CT molecular complexity index is 475. The third kappa shape index (κ3) is 4.75. The summed E-state index contributed by atoms with van der Waals surface area (Å²) >= 11 is 3.33. The van der Waals surface area contributed by atoms with Gasteiger partial charge in [0.1, 0.15) is 9.84 Å². The van der Waals surface area contributed by atoms with Crippen molar-refractivity contribution in [3.05, 3.63) is 34.3 Å². The zero-order chi connectivity index (χ0) is 13.1. The molecule has 1 aromatic rings. The van der Waals surface area contributed by atoms with Gasteiger partial charge in [-0.05, 0) is 17.7 Å². The van der Waals surface area contributed by atoms with Crippen LogP contribution in [0.1, 0.15) is 11.5 Å². The van der Waals surface area contributed by atoms with Crippen molar-refractivity contribution >= 4 is 25.8 Å². The molecule has 0 aliphatic carbocycles. The zero-order valence-electron chi connectivity index (χ0n) is 9.51. The van der Waals surface area contributed by atoms with Crippen LogP contribution in [0.15, 0.2) is 28.7 Å². The van der Waals surface area contributed by atoms with E-state index in [0.29, 0.717) is 0 Å². The number of nitrogens with two attached hydrogens (primary N) is 1. The van der Waals surface area contributed by atoms with E-state index in [0.717, 1.165) is 16.3 Å². The van der Waals surface area contributed by atoms with E-state index in [-0.39, 0.29) is 18.2 Å². The molecule has 2 unspecified atom stereocenters. The van der Waals surface area contributed by atoms with E-state index in [1.165, 1.54) is 0 Å². The van der Waals surface area contributed by atoms with Crippen LogP contribution in [-0.2, 0) is 9.84 Å². The molecule has 0 fully saturated rings. The Morgan fingerprint density at radius 1 is 1.47 bits per heavy atom. The third-order valence-electron chi connectivity index (χ3n) is 2.47. The molecule has 1 aromatic carbocycles. The maximum absolute atomic E-state index is 11.2. The molecule has 0 bridgehead atoms. The smallest absolute Gasteiger partial charge is 0.150 e. The first-order valence-electron chi connectivity index (χ1n) is 5.15. The summed E-state index contributed by atoms with van der Waals surface area (Å²) in [6.45, 7) is 0.202. The molecule has 0 radical (unpaired) electrons. The fraction of sp³-hybridized carbons (Fsp3) is 0.455. The van der Waals surface area contributed by atoms with Gasteiger partial charge in [0.2, 0.25) is 0 Å². The average molecular weight is 322 g/mol. The number of hydrogen-bond donors (Lipinski definition) is 2. The first-order valence-corrected chi connectivity index (χ1v) is 8.00. The molecule has 17 heavy (non-hydrogen) atoms. The van der Waals surface area contributed by atoms with Gasteiger partial charge in [-0.3, -0.25) is 0 Å². The van der Waals surface area contributed by atoms with Gasteiger partial charge in [0.05, 0.1) is 11.9 Å². The van der Waals surface area contributed by atoms with E-state index in [2.05, 4.69) is 15.9 Å². The van der Waals surface area contributed by atoms with Crippen molar-refractivity contribution in [3.8, 4) is 0 Å². The van der Waals surface area contributed by atoms with Crippen LogP contribution in [0.5, 0.6) is 0 Å². The van der Waals surface area contributed by atoms with Crippen LogP contribution in [0.4, 0.5) is 0 Å². The highest BCUT2D eigenvalue weighted by molar-refractivity contribution is 9.10. The van der Waals surface area contributed by atoms with Crippen molar-refractivity contribution in [1.82, 2.24) is 0 Å². The lowest BCUT2D eigenvalue weighted by Gasteiger charge is -2.21. The van der Waals surface area contributed by atoms with Crippen molar-refractivity contribution in [2.24, 2.45) is 5.73 Å². The Hall–Kier alpha value is -0.430. The Kier molecular flexibility index (Phi) is 5.12. The van der Waals surface area contributed by atoms with Crippen molar-refractivity contribution in [2.75, 3.05) is 18.6 Å². The predicted molar refractivity (Wildman–Crippen MR) is 71.7 cm³/mol. The summed E-state index contributed by atoms with van der Waals surface area (Å²) in [7, 11) is -3.21. The fourth-order valence-electron chi connectivity index (χ4n) is 1.68. The second kappa shape index (κ2) is 5.95. The van der Waals surface area contributed by atoms with Gasteiger partial charge in [-0.1, -0.05) is 28.1 Å². The Balaban J connectivity index is 2.92. The molecule has 6 heteroatoms. The van der Waals surface area contributed by atoms with Crippen molar-refractivity contribution in [2.45, 2.75) is 12.0 Å². The third-order valence-corrected chi connectivity index (χ3v) is 3.91. The first kappa shape index (κ1) is 14.6. The largest absolute Gasteiger partial charge is 0.391 e. The average Bonchev–Trinajstić information content (AvgIpc) is 2.15. The lowest BCUT2D eigenvalue weighted by molar-refractivity contribution is 0.167. The topological polar surface area (TPSA) is 80.4 Å². The highest BCUT2D eigenvalue weighted by Gasteiger charge is 2.23. The van der Waals surface area contributed by atoms with Gasteiger partial charge in [0.15, 0.2) is 0 Å². The minimum Gasteiger partial charge on any atom is -0.391 e. The van der Waals surface area contributed by atoms with Crippen LogP contribution in [-0.4, -0.2) is 38.2 Å². The van der Waals surface area contributed by atoms with Gasteiger partial charge in [-0.2, -0.15) is 0 Å². The van der Waals surface area contributed by atoms with E-state index < -0.39 is 15.9 Å². The van der Waals surface area contributed by atoms with Crippen LogP contribution in [0.3, 0.4) is 0 Å². The molecule has 0 saturated carbocycles. The minimum atomic E-state index is -3.21. The lowest BCUT2D eigenvalue weighted by Crippen LogP contribution is -2.31. The summed E-state index contributed by atoms with van der Waals surface area (Å²) in [6.07, 6.45) is 0.120. The molecular weight excluding hydrogens is 306 g/mol. The van der Waals surface area contributed by atoms with Gasteiger partial charge in [-0.15, -0.1) is 0 Å². The summed E-state index contributed by atoms with van der Waals surface area (Å²) in [6, 6.07) is 7.35. The maximum atomic E-state index is 11.2. The van der Waals surface area contributed by atoms with Crippen LogP contribution in [0.2, 0.25) is 0 Å². The number of rotatable bonds is 5. The summed E-state index contributed by atoms with van der Waals surface area (Å²) < 4.78 is 23.2. The van der Waals surface area contributed by atoms with E-state index in [1.54, 1.807) is 0 Å². The van der Waals surface area contributed by atoms with Crippen molar-refractivity contribution in [1.29, 1.82) is 0 Å². The van der Waals surface area contributed by atoms with E-state index in [9.17, 15) is 13.5 Å². The highest BCUT2D eigenvalue weighted by atomic mass is 79.9. The number of benzene rings is 1. The van der Waals surface area contributed by atoms with Crippen LogP contribution < -0.4 is 5.73 Å². The molecule has 0 saturated heterocycles. The van der Waals surface area contributed by atoms with Crippen LogP contribution in [0, 0.1) is 0 Å². The minimum absolute atomic E-state index is 0.202. The molecule has 0 heterocycles. The lowest BCUT2D eigenvalue weighted by atomic mass is 9.94. The monoisotopic (exact) mass is 321 g/mol. The zero-order valence-corrected chi connectivity index (χ0v) is 11.9. The number of halogens is 1. The standard InChI is InChI=1S/C11H16BrNO3S/c1-17(15,16)7-11(14)10(6-13)8-3-2-4-9(12)5-8/h2-5,10-11,14H,6-7,13H2,1H3. The molecule has 1 rings (SSSR count). The van der Waals surface area contributed by atoms with Crippen LogP contribution >= 0.6 is 15.9 Å². The molecule has 0 spiro atoms. The summed E-state index contributed by atoms with van der Waals surface area (Å²) in [4.78, 5) is 0. The molecule has 2 atom stereocenters. The molecule has 0 amide bonds. The number of aliphatic hydroxyl groups is 1. The molecule has 0 aromatic heterocycles. The SMILES string of the molecule is CS(=O)(=O)CC(O)C(CN)c1cccc(Br)c1. The van der Waals surface area contributed by atoms with Crippen molar-refractivity contribution in [3.63, 3.8) is 0 Å². The quantitative estimate of drug-likeness (QED) is 0.844. The fourth-order valence-corrected chi connectivity index (χ4v) is 2.95. The van der Waals surface area contributed by atoms with Crippen LogP contribution in [0.25, 0.3) is 0 Å². The summed E-state index contributed by atoms with van der Waals surface area (Å²) in [5.41, 5.74) is 6.44. The highest BCUT2D eigenvalue weighted by Crippen LogP contribution is 2.23. The molecule has 96 valence electrons. The molecule has 0 aliphatic rings. The van der Waals surface area contributed by atoms with Crippen molar-refractivity contribution < 1.29 is 13.5 Å².